The first-order valence-electron chi connectivity index (χ1n) is 7.20. The molecule has 0 atom stereocenters. The van der Waals surface area contributed by atoms with E-state index in [2.05, 4.69) is 21.9 Å². The number of rotatable bonds is 5. The molecule has 0 spiro atoms. The average Bonchev–Trinajstić information content (AvgIpc) is 2.89. The van der Waals surface area contributed by atoms with Gasteiger partial charge in [-0.25, -0.2) is 0 Å². The first kappa shape index (κ1) is 17.0. The van der Waals surface area contributed by atoms with E-state index in [1.807, 2.05) is 13.8 Å². The number of aliphatic imine (C=N–C) groups is 1. The fourth-order valence-electron chi connectivity index (χ4n) is 2.13. The van der Waals surface area contributed by atoms with Gasteiger partial charge in [-0.2, -0.15) is 0 Å². The zero-order valence-corrected chi connectivity index (χ0v) is 12.9. The van der Waals surface area contributed by atoms with Gasteiger partial charge in [0.1, 0.15) is 0 Å². The first-order chi connectivity index (χ1) is 10.2. The summed E-state index contributed by atoms with van der Waals surface area (Å²) in [6.45, 7) is 8.51. The molecule has 114 valence electrons. The molecule has 2 N–H and O–H groups in total. The summed E-state index contributed by atoms with van der Waals surface area (Å²) in [6.07, 6.45) is 2.90. The van der Waals surface area contributed by atoms with Crippen molar-refractivity contribution < 1.29 is 9.90 Å². The van der Waals surface area contributed by atoms with Gasteiger partial charge in [-0.1, -0.05) is 20.4 Å². The summed E-state index contributed by atoms with van der Waals surface area (Å²) in [5.74, 6) is -0.0786. The van der Waals surface area contributed by atoms with E-state index < -0.39 is 0 Å². The lowest BCUT2D eigenvalue weighted by Crippen LogP contribution is -2.12. The van der Waals surface area contributed by atoms with Crippen LogP contribution in [0.5, 0.6) is 0 Å². The third-order valence-electron chi connectivity index (χ3n) is 3.07. The molecule has 1 aromatic rings. The summed E-state index contributed by atoms with van der Waals surface area (Å²) < 4.78 is 0. The molecule has 5 heteroatoms. The number of hydrogen-bond donors (Lipinski definition) is 2. The molecule has 5 nitrogen and oxygen atoms in total. The SMILES string of the molecule is C=C(C=NC)c1cc2c(c(CCCO)n1)CNC2=O.CC. The molecule has 0 aliphatic carbocycles. The summed E-state index contributed by atoms with van der Waals surface area (Å²) in [6, 6.07) is 1.75. The van der Waals surface area contributed by atoms with E-state index in [1.54, 1.807) is 19.3 Å². The second kappa shape index (κ2) is 8.32. The van der Waals surface area contributed by atoms with E-state index in [9.17, 15) is 4.79 Å². The number of amides is 1. The zero-order chi connectivity index (χ0) is 15.8. The molecule has 1 aliphatic heterocycles. The fraction of sp³-hybridized carbons (Fsp3) is 0.438. The predicted octanol–water partition coefficient (Wildman–Crippen LogP) is 1.99. The lowest BCUT2D eigenvalue weighted by atomic mass is 10.0. The van der Waals surface area contributed by atoms with Crippen molar-refractivity contribution in [1.82, 2.24) is 10.3 Å². The van der Waals surface area contributed by atoms with Gasteiger partial charge in [0.05, 0.1) is 5.69 Å². The zero-order valence-electron chi connectivity index (χ0n) is 12.9. The van der Waals surface area contributed by atoms with Gasteiger partial charge >= 0.3 is 0 Å². The topological polar surface area (TPSA) is 74.6 Å². The molecular weight excluding hydrogens is 266 g/mol. The van der Waals surface area contributed by atoms with Gasteiger partial charge in [0.25, 0.3) is 5.91 Å². The highest BCUT2D eigenvalue weighted by atomic mass is 16.2. The molecule has 1 aliphatic rings. The maximum atomic E-state index is 11.8. The summed E-state index contributed by atoms with van der Waals surface area (Å²) >= 11 is 0. The number of allylic oxidation sites excluding steroid dienone is 1. The van der Waals surface area contributed by atoms with Crippen LogP contribution in [0.15, 0.2) is 17.6 Å². The second-order valence-electron chi connectivity index (χ2n) is 4.40. The Hall–Kier alpha value is -2.01. The monoisotopic (exact) mass is 289 g/mol. The van der Waals surface area contributed by atoms with Crippen LogP contribution in [0.1, 0.15) is 47.6 Å². The van der Waals surface area contributed by atoms with E-state index in [-0.39, 0.29) is 12.5 Å². The molecule has 0 saturated carbocycles. The summed E-state index contributed by atoms with van der Waals surface area (Å²) in [7, 11) is 1.66. The van der Waals surface area contributed by atoms with Gasteiger partial charge in [0, 0.05) is 48.8 Å². The first-order valence-corrected chi connectivity index (χ1v) is 7.20. The van der Waals surface area contributed by atoms with Crippen LogP contribution in [-0.2, 0) is 13.0 Å². The molecule has 0 unspecified atom stereocenters. The molecule has 0 aromatic carbocycles. The smallest absolute Gasteiger partial charge is 0.252 e. The standard InChI is InChI=1S/C14H17N3O2.C2H6/c1-9(7-15-2)13-6-10-11(8-16-14(10)19)12(17-13)4-3-5-18;1-2/h6-7,18H,1,3-5,8H2,2H3,(H,16,19);1-2H3. The van der Waals surface area contributed by atoms with Crippen molar-refractivity contribution >= 4 is 17.7 Å². The number of aliphatic hydroxyl groups is 1. The Morgan fingerprint density at radius 2 is 2.29 bits per heavy atom. The molecule has 1 aromatic heterocycles. The minimum Gasteiger partial charge on any atom is -0.396 e. The number of pyridine rings is 1. The lowest BCUT2D eigenvalue weighted by Gasteiger charge is -2.09. The Labute approximate surface area is 125 Å². The van der Waals surface area contributed by atoms with Crippen LogP contribution in [0.2, 0.25) is 0 Å². The van der Waals surface area contributed by atoms with Crippen molar-refractivity contribution in [2.24, 2.45) is 4.99 Å². The highest BCUT2D eigenvalue weighted by molar-refractivity contribution is 6.09. The van der Waals surface area contributed by atoms with Crippen LogP contribution in [0.4, 0.5) is 0 Å². The van der Waals surface area contributed by atoms with Crippen LogP contribution in [0.25, 0.3) is 5.57 Å². The van der Waals surface area contributed by atoms with E-state index in [0.29, 0.717) is 36.2 Å². The van der Waals surface area contributed by atoms with Gasteiger partial charge < -0.3 is 10.4 Å². The number of nitrogens with zero attached hydrogens (tertiary/aromatic N) is 2. The number of aryl methyl sites for hydroxylation is 1. The maximum absolute atomic E-state index is 11.8. The van der Waals surface area contributed by atoms with E-state index >= 15 is 0 Å². The quantitative estimate of drug-likeness (QED) is 0.814. The van der Waals surface area contributed by atoms with Gasteiger partial charge in [0.15, 0.2) is 0 Å². The van der Waals surface area contributed by atoms with Crippen LogP contribution in [0, 0.1) is 0 Å². The lowest BCUT2D eigenvalue weighted by molar-refractivity contribution is 0.0965. The summed E-state index contributed by atoms with van der Waals surface area (Å²) in [4.78, 5) is 20.2. The van der Waals surface area contributed by atoms with Crippen LogP contribution >= 0.6 is 0 Å². The van der Waals surface area contributed by atoms with Gasteiger partial charge in [-0.3, -0.25) is 14.8 Å². The fourth-order valence-corrected chi connectivity index (χ4v) is 2.13. The van der Waals surface area contributed by atoms with Gasteiger partial charge in [0.2, 0.25) is 0 Å². The molecule has 0 radical (unpaired) electrons. The minimum atomic E-state index is -0.0786. The number of nitrogens with one attached hydrogen (secondary N) is 1. The van der Waals surface area contributed by atoms with Crippen molar-refractivity contribution in [3.63, 3.8) is 0 Å². The van der Waals surface area contributed by atoms with Gasteiger partial charge in [-0.05, 0) is 18.9 Å². The van der Waals surface area contributed by atoms with Gasteiger partial charge in [-0.15, -0.1) is 0 Å². The van der Waals surface area contributed by atoms with Crippen molar-refractivity contribution in [1.29, 1.82) is 0 Å². The molecule has 0 bridgehead atoms. The second-order valence-corrected chi connectivity index (χ2v) is 4.40. The minimum absolute atomic E-state index is 0.0786. The highest BCUT2D eigenvalue weighted by Gasteiger charge is 2.23. The molecule has 2 rings (SSSR count). The number of aromatic nitrogens is 1. The summed E-state index contributed by atoms with van der Waals surface area (Å²) in [5.41, 5.74) is 3.78. The number of fused-ring (bicyclic) bond motifs is 1. The van der Waals surface area contributed by atoms with E-state index in [1.165, 1.54) is 0 Å². The normalized spacial score (nSPS) is 12.7. The average molecular weight is 289 g/mol. The van der Waals surface area contributed by atoms with Crippen molar-refractivity contribution in [2.75, 3.05) is 13.7 Å². The van der Waals surface area contributed by atoms with Crippen molar-refractivity contribution in [3.8, 4) is 0 Å². The van der Waals surface area contributed by atoms with Crippen molar-refractivity contribution in [2.45, 2.75) is 33.2 Å². The van der Waals surface area contributed by atoms with Crippen LogP contribution in [-0.4, -0.2) is 35.9 Å². The van der Waals surface area contributed by atoms with Crippen molar-refractivity contribution in [3.05, 3.63) is 35.2 Å². The van der Waals surface area contributed by atoms with Crippen LogP contribution < -0.4 is 5.32 Å². The molecule has 0 saturated heterocycles. The highest BCUT2D eigenvalue weighted by Crippen LogP contribution is 2.23. The predicted molar refractivity (Wildman–Crippen MR) is 85.6 cm³/mol. The molecule has 2 heterocycles. The molecular formula is C16H23N3O2. The maximum Gasteiger partial charge on any atom is 0.252 e. The third-order valence-corrected chi connectivity index (χ3v) is 3.07. The molecule has 1 amide bonds. The number of hydrogen-bond acceptors (Lipinski definition) is 4. The molecule has 0 fully saturated rings. The Morgan fingerprint density at radius 3 is 2.90 bits per heavy atom. The van der Waals surface area contributed by atoms with E-state index in [0.717, 1.165) is 11.3 Å². The van der Waals surface area contributed by atoms with Crippen LogP contribution in [0.3, 0.4) is 0 Å². The summed E-state index contributed by atoms with van der Waals surface area (Å²) in [5, 5.41) is 11.7. The number of carbonyl (C=O) groups is 1. The Kier molecular flexibility index (Phi) is 6.75. The Morgan fingerprint density at radius 1 is 1.57 bits per heavy atom. The largest absolute Gasteiger partial charge is 0.396 e. The third kappa shape index (κ3) is 3.98. The number of carbonyl (C=O) groups excluding carboxylic acids is 1. The number of aliphatic hydroxyl groups excluding tert-OH is 1. The Bertz CT molecular complexity index is 551. The van der Waals surface area contributed by atoms with E-state index in [4.69, 9.17) is 5.11 Å². The Balaban J connectivity index is 0.00000106. The molecule has 21 heavy (non-hydrogen) atoms.